The molecular weight excluding hydrogens is 356 g/mol. The predicted molar refractivity (Wildman–Crippen MR) is 118 cm³/mol. The summed E-state index contributed by atoms with van der Waals surface area (Å²) in [5, 5.41) is 0.801. The molecule has 0 aromatic heterocycles. The normalized spacial score (nSPS) is 19.9. The van der Waals surface area contributed by atoms with Gasteiger partial charge in [0, 0.05) is 21.6 Å². The molecule has 0 amide bonds. The van der Waals surface area contributed by atoms with Gasteiger partial charge in [0.05, 0.1) is 7.11 Å². The van der Waals surface area contributed by atoms with E-state index in [1.807, 2.05) is 30.6 Å². The number of thioether (sulfide) groups is 2. The largest absolute Gasteiger partial charge is 0.496 e. The lowest BCUT2D eigenvalue weighted by atomic mass is 9.83. The Hall–Kier alpha value is -1.06. The van der Waals surface area contributed by atoms with E-state index in [1.54, 1.807) is 0 Å². The lowest BCUT2D eigenvalue weighted by Crippen LogP contribution is -2.15. The first-order valence-corrected chi connectivity index (χ1v) is 11.8. The van der Waals surface area contributed by atoms with Gasteiger partial charge in [-0.3, -0.25) is 0 Å². The van der Waals surface area contributed by atoms with Crippen LogP contribution in [0.5, 0.6) is 5.75 Å². The fourth-order valence-corrected chi connectivity index (χ4v) is 5.28. The summed E-state index contributed by atoms with van der Waals surface area (Å²) < 4.78 is 6.03. The van der Waals surface area contributed by atoms with Gasteiger partial charge in [-0.1, -0.05) is 57.2 Å². The van der Waals surface area contributed by atoms with Crippen molar-refractivity contribution < 1.29 is 4.74 Å². The number of methoxy groups -OCH3 is 1. The van der Waals surface area contributed by atoms with Gasteiger partial charge in [0.25, 0.3) is 0 Å². The summed E-state index contributed by atoms with van der Waals surface area (Å²) in [4.78, 5) is 0. The zero-order valence-electron chi connectivity index (χ0n) is 16.8. The van der Waals surface area contributed by atoms with E-state index in [4.69, 9.17) is 4.74 Å². The smallest absolute Gasteiger partial charge is 0.127 e. The molecule has 0 N–H and O–H groups in total. The SMILES string of the molecule is COc1c2cc(C(C)(C)C)cc1C(SC)Cc1ccc(cc1)CC2SC. The standard InChI is InChI=1S/C23H30OS2/c1-23(2,3)17-13-18-20(25-5)11-15-7-9-16(10-8-15)12-21(26-6)19(14-17)22(18)24-4/h7-10,13-14,20-21H,11-12H2,1-6H3. The molecule has 1 nitrogen and oxygen atoms in total. The van der Waals surface area contributed by atoms with Crippen LogP contribution in [0.3, 0.4) is 0 Å². The molecule has 26 heavy (non-hydrogen) atoms. The summed E-state index contributed by atoms with van der Waals surface area (Å²) in [6, 6.07) is 14.0. The van der Waals surface area contributed by atoms with Crippen LogP contribution in [-0.4, -0.2) is 19.6 Å². The Balaban J connectivity index is 2.29. The summed E-state index contributed by atoms with van der Waals surface area (Å²) in [5.74, 6) is 1.10. The van der Waals surface area contributed by atoms with Gasteiger partial charge < -0.3 is 4.74 Å². The van der Waals surface area contributed by atoms with Crippen molar-refractivity contribution in [3.8, 4) is 5.75 Å². The fourth-order valence-electron chi connectivity index (χ4n) is 3.70. The van der Waals surface area contributed by atoms with Gasteiger partial charge in [-0.2, -0.15) is 23.5 Å². The molecule has 2 aromatic rings. The van der Waals surface area contributed by atoms with E-state index in [0.717, 1.165) is 18.6 Å². The lowest BCUT2D eigenvalue weighted by molar-refractivity contribution is 0.403. The molecule has 0 heterocycles. The Morgan fingerprint density at radius 2 is 1.27 bits per heavy atom. The molecule has 0 aliphatic heterocycles. The Kier molecular flexibility index (Phi) is 5.98. The summed E-state index contributed by atoms with van der Waals surface area (Å²) >= 11 is 3.85. The molecule has 140 valence electrons. The first kappa shape index (κ1) is 19.7. The number of ether oxygens (including phenoxy) is 1. The Morgan fingerprint density at radius 3 is 1.58 bits per heavy atom. The van der Waals surface area contributed by atoms with Gasteiger partial charge in [0.2, 0.25) is 0 Å². The molecule has 0 fully saturated rings. The molecule has 2 unspecified atom stereocenters. The highest BCUT2D eigenvalue weighted by molar-refractivity contribution is 7.99. The molecule has 2 aliphatic carbocycles. The van der Waals surface area contributed by atoms with Gasteiger partial charge >= 0.3 is 0 Å². The summed E-state index contributed by atoms with van der Waals surface area (Å²) in [5.41, 5.74) is 7.04. The van der Waals surface area contributed by atoms with Crippen LogP contribution >= 0.6 is 23.5 Å². The van der Waals surface area contributed by atoms with Crippen molar-refractivity contribution in [1.29, 1.82) is 0 Å². The van der Waals surface area contributed by atoms with Crippen LogP contribution < -0.4 is 4.74 Å². The molecule has 0 spiro atoms. The zero-order valence-corrected chi connectivity index (χ0v) is 18.4. The Labute approximate surface area is 167 Å². The van der Waals surface area contributed by atoms with Crippen molar-refractivity contribution >= 4 is 23.5 Å². The van der Waals surface area contributed by atoms with Crippen LogP contribution in [0.4, 0.5) is 0 Å². The van der Waals surface area contributed by atoms with E-state index in [2.05, 4.69) is 69.7 Å². The molecule has 4 bridgehead atoms. The maximum absolute atomic E-state index is 6.03. The highest BCUT2D eigenvalue weighted by atomic mass is 32.2. The average Bonchev–Trinajstić information content (AvgIpc) is 2.64. The third-order valence-corrected chi connectivity index (χ3v) is 7.32. The Bertz CT molecular complexity index is 705. The van der Waals surface area contributed by atoms with Crippen molar-refractivity contribution in [3.05, 3.63) is 64.2 Å². The van der Waals surface area contributed by atoms with E-state index < -0.39 is 0 Å². The van der Waals surface area contributed by atoms with Gasteiger partial charge in [0.1, 0.15) is 5.75 Å². The molecule has 0 saturated heterocycles. The van der Waals surface area contributed by atoms with Crippen LogP contribution in [-0.2, 0) is 18.3 Å². The number of hydrogen-bond donors (Lipinski definition) is 0. The van der Waals surface area contributed by atoms with Crippen molar-refractivity contribution in [2.45, 2.75) is 49.5 Å². The molecule has 3 heteroatoms. The second kappa shape index (κ2) is 7.90. The molecule has 2 aliphatic rings. The molecule has 4 rings (SSSR count). The average molecular weight is 387 g/mol. The quantitative estimate of drug-likeness (QED) is 0.588. The minimum Gasteiger partial charge on any atom is -0.496 e. The van der Waals surface area contributed by atoms with Crippen molar-refractivity contribution in [2.75, 3.05) is 19.6 Å². The van der Waals surface area contributed by atoms with E-state index in [1.165, 1.54) is 27.8 Å². The first-order valence-electron chi connectivity index (χ1n) is 9.23. The number of fused-ring (bicyclic) bond motifs is 4. The van der Waals surface area contributed by atoms with Crippen LogP contribution in [0, 0.1) is 0 Å². The number of rotatable bonds is 3. The molecule has 2 atom stereocenters. The molecule has 2 aromatic carbocycles. The summed E-state index contributed by atoms with van der Waals surface area (Å²) in [6.45, 7) is 6.91. The molecule has 0 saturated carbocycles. The van der Waals surface area contributed by atoms with Crippen LogP contribution in [0.25, 0.3) is 0 Å². The van der Waals surface area contributed by atoms with E-state index in [0.29, 0.717) is 10.5 Å². The van der Waals surface area contributed by atoms with E-state index in [-0.39, 0.29) is 5.41 Å². The van der Waals surface area contributed by atoms with Crippen molar-refractivity contribution in [3.63, 3.8) is 0 Å². The predicted octanol–water partition coefficient (Wildman–Crippen LogP) is 6.60. The monoisotopic (exact) mass is 386 g/mol. The number of benzene rings is 2. The van der Waals surface area contributed by atoms with Crippen LogP contribution in [0.2, 0.25) is 0 Å². The van der Waals surface area contributed by atoms with Crippen molar-refractivity contribution in [2.24, 2.45) is 0 Å². The van der Waals surface area contributed by atoms with E-state index in [9.17, 15) is 0 Å². The van der Waals surface area contributed by atoms with E-state index >= 15 is 0 Å². The van der Waals surface area contributed by atoms with Crippen molar-refractivity contribution in [1.82, 2.24) is 0 Å². The van der Waals surface area contributed by atoms with Gasteiger partial charge in [-0.05, 0) is 47.5 Å². The highest BCUT2D eigenvalue weighted by Crippen LogP contribution is 2.46. The number of hydrogen-bond acceptors (Lipinski definition) is 3. The van der Waals surface area contributed by atoms with Crippen LogP contribution in [0.1, 0.15) is 59.1 Å². The zero-order chi connectivity index (χ0) is 18.9. The minimum atomic E-state index is 0.123. The maximum Gasteiger partial charge on any atom is 0.127 e. The van der Waals surface area contributed by atoms with Crippen LogP contribution in [0.15, 0.2) is 36.4 Å². The third-order valence-electron chi connectivity index (χ3n) is 5.34. The second-order valence-electron chi connectivity index (χ2n) is 8.11. The highest BCUT2D eigenvalue weighted by Gasteiger charge is 2.27. The molecular formula is C23H30OS2. The topological polar surface area (TPSA) is 9.23 Å². The Morgan fingerprint density at radius 1 is 0.846 bits per heavy atom. The maximum atomic E-state index is 6.03. The second-order valence-corrected chi connectivity index (χ2v) is 10.2. The molecule has 0 radical (unpaired) electrons. The van der Waals surface area contributed by atoms with Gasteiger partial charge in [0.15, 0.2) is 0 Å². The minimum absolute atomic E-state index is 0.123. The van der Waals surface area contributed by atoms with Gasteiger partial charge in [-0.25, -0.2) is 0 Å². The third kappa shape index (κ3) is 3.94. The fraction of sp³-hybridized carbons (Fsp3) is 0.478. The van der Waals surface area contributed by atoms with Gasteiger partial charge in [-0.15, -0.1) is 0 Å². The first-order chi connectivity index (χ1) is 12.4. The summed E-state index contributed by atoms with van der Waals surface area (Å²) in [7, 11) is 1.83. The lowest BCUT2D eigenvalue weighted by Gasteiger charge is -2.28. The summed E-state index contributed by atoms with van der Waals surface area (Å²) in [6.07, 6.45) is 6.50.